The summed E-state index contributed by atoms with van der Waals surface area (Å²) in [5, 5.41) is 13.7. The van der Waals surface area contributed by atoms with Gasteiger partial charge < -0.3 is 15.7 Å². The predicted molar refractivity (Wildman–Crippen MR) is 66.9 cm³/mol. The van der Waals surface area contributed by atoms with Crippen LogP contribution in [0.5, 0.6) is 0 Å². The smallest absolute Gasteiger partial charge is 0.337 e. The van der Waals surface area contributed by atoms with Crippen LogP contribution in [0.3, 0.4) is 0 Å². The molecule has 0 spiro atoms. The molecule has 2 amide bonds. The molecule has 0 saturated heterocycles. The molecule has 0 bridgehead atoms. The van der Waals surface area contributed by atoms with E-state index in [4.69, 9.17) is 5.11 Å². The van der Waals surface area contributed by atoms with Crippen molar-refractivity contribution in [1.82, 2.24) is 15.6 Å². The number of carboxylic acids is 1. The fourth-order valence-electron chi connectivity index (χ4n) is 1.47. The summed E-state index contributed by atoms with van der Waals surface area (Å²) in [5.74, 6) is -1.96. The molecule has 0 aliphatic heterocycles. The third-order valence-electron chi connectivity index (χ3n) is 2.54. The topological polar surface area (TPSA) is 108 Å². The molecular formula is C12H15N3O4. The number of nitrogens with one attached hydrogen (secondary N) is 2. The van der Waals surface area contributed by atoms with Crippen LogP contribution in [0.25, 0.3) is 0 Å². The van der Waals surface area contributed by atoms with Crippen molar-refractivity contribution in [3.63, 3.8) is 0 Å². The van der Waals surface area contributed by atoms with Gasteiger partial charge in [0.1, 0.15) is 11.7 Å². The lowest BCUT2D eigenvalue weighted by Gasteiger charge is -2.12. The minimum atomic E-state index is -1.10. The van der Waals surface area contributed by atoms with E-state index in [1.165, 1.54) is 33.0 Å². The first-order valence-electron chi connectivity index (χ1n) is 5.60. The van der Waals surface area contributed by atoms with E-state index in [2.05, 4.69) is 15.6 Å². The molecule has 1 aromatic rings. The Morgan fingerprint density at radius 3 is 2.42 bits per heavy atom. The van der Waals surface area contributed by atoms with E-state index in [9.17, 15) is 14.4 Å². The third kappa shape index (κ3) is 3.51. The zero-order valence-corrected chi connectivity index (χ0v) is 10.9. The van der Waals surface area contributed by atoms with E-state index < -0.39 is 17.9 Å². The van der Waals surface area contributed by atoms with Gasteiger partial charge in [-0.1, -0.05) is 0 Å². The van der Waals surface area contributed by atoms with E-state index in [1.807, 2.05) is 0 Å². The number of rotatable bonds is 4. The van der Waals surface area contributed by atoms with E-state index >= 15 is 0 Å². The first-order chi connectivity index (χ1) is 8.86. The zero-order chi connectivity index (χ0) is 14.6. The summed E-state index contributed by atoms with van der Waals surface area (Å²) >= 11 is 0. The van der Waals surface area contributed by atoms with Crippen LogP contribution < -0.4 is 10.6 Å². The second kappa shape index (κ2) is 5.94. The maximum atomic E-state index is 11.8. The van der Waals surface area contributed by atoms with Crippen molar-refractivity contribution in [2.45, 2.75) is 19.9 Å². The Bertz CT molecular complexity index is 528. The summed E-state index contributed by atoms with van der Waals surface area (Å²) in [6, 6.07) is 1.92. The molecular weight excluding hydrogens is 250 g/mol. The van der Waals surface area contributed by atoms with Gasteiger partial charge in [0.15, 0.2) is 0 Å². The van der Waals surface area contributed by atoms with Gasteiger partial charge in [-0.05, 0) is 26.0 Å². The zero-order valence-electron chi connectivity index (χ0n) is 10.9. The molecule has 0 radical (unpaired) electrons. The number of aryl methyl sites for hydroxylation is 1. The third-order valence-corrected chi connectivity index (χ3v) is 2.54. The Morgan fingerprint density at radius 1 is 1.32 bits per heavy atom. The maximum Gasteiger partial charge on any atom is 0.337 e. The lowest BCUT2D eigenvalue weighted by atomic mass is 10.2. The van der Waals surface area contributed by atoms with Crippen LogP contribution in [0.15, 0.2) is 12.1 Å². The van der Waals surface area contributed by atoms with Crippen LogP contribution in [0.2, 0.25) is 0 Å². The van der Waals surface area contributed by atoms with Crippen LogP contribution in [0.4, 0.5) is 0 Å². The van der Waals surface area contributed by atoms with Crippen LogP contribution in [-0.2, 0) is 4.79 Å². The van der Waals surface area contributed by atoms with Gasteiger partial charge in [-0.3, -0.25) is 9.59 Å². The Morgan fingerprint density at radius 2 is 1.95 bits per heavy atom. The highest BCUT2D eigenvalue weighted by atomic mass is 16.4. The first-order valence-corrected chi connectivity index (χ1v) is 5.60. The van der Waals surface area contributed by atoms with E-state index in [0.29, 0.717) is 0 Å². The number of carboxylic acid groups (broad SMARTS) is 1. The Labute approximate surface area is 110 Å². The van der Waals surface area contributed by atoms with Crippen molar-refractivity contribution in [2.75, 3.05) is 7.05 Å². The molecule has 19 heavy (non-hydrogen) atoms. The van der Waals surface area contributed by atoms with Gasteiger partial charge >= 0.3 is 5.97 Å². The molecule has 3 N–H and O–H groups in total. The Balaban J connectivity index is 2.87. The summed E-state index contributed by atoms with van der Waals surface area (Å²) < 4.78 is 0. The summed E-state index contributed by atoms with van der Waals surface area (Å²) in [5.41, 5.74) is 0.349. The molecule has 1 aromatic heterocycles. The number of aromatic carboxylic acids is 1. The van der Waals surface area contributed by atoms with Crippen molar-refractivity contribution >= 4 is 17.8 Å². The lowest BCUT2D eigenvalue weighted by molar-refractivity contribution is -0.122. The highest BCUT2D eigenvalue weighted by Gasteiger charge is 2.17. The fourth-order valence-corrected chi connectivity index (χ4v) is 1.47. The van der Waals surface area contributed by atoms with E-state index in [-0.39, 0.29) is 22.9 Å². The normalized spacial score (nSPS) is 11.5. The van der Waals surface area contributed by atoms with Gasteiger partial charge in [0.25, 0.3) is 5.91 Å². The summed E-state index contributed by atoms with van der Waals surface area (Å²) in [7, 11) is 1.47. The highest BCUT2D eigenvalue weighted by Crippen LogP contribution is 2.07. The number of carbonyl (C=O) groups excluding carboxylic acids is 2. The number of carbonyl (C=O) groups is 3. The minimum Gasteiger partial charge on any atom is -0.478 e. The number of pyridine rings is 1. The van der Waals surface area contributed by atoms with Gasteiger partial charge in [-0.15, -0.1) is 0 Å². The molecule has 0 aliphatic rings. The second-order valence-electron chi connectivity index (χ2n) is 3.94. The quantitative estimate of drug-likeness (QED) is 0.707. The van der Waals surface area contributed by atoms with Crippen molar-refractivity contribution in [1.29, 1.82) is 0 Å². The minimum absolute atomic E-state index is 0.0379. The summed E-state index contributed by atoms with van der Waals surface area (Å²) in [4.78, 5) is 37.8. The molecule has 1 heterocycles. The molecule has 102 valence electrons. The van der Waals surface area contributed by atoms with Gasteiger partial charge in [-0.25, -0.2) is 9.78 Å². The molecule has 7 nitrogen and oxygen atoms in total. The molecule has 1 unspecified atom stereocenters. The first kappa shape index (κ1) is 14.6. The SMILES string of the molecule is CNC(=O)C(C)NC(=O)c1ccc(C(=O)O)c(C)n1. The number of nitrogens with zero attached hydrogens (tertiary/aromatic N) is 1. The van der Waals surface area contributed by atoms with Crippen molar-refractivity contribution < 1.29 is 19.5 Å². The van der Waals surface area contributed by atoms with Crippen LogP contribution in [-0.4, -0.2) is 41.0 Å². The van der Waals surface area contributed by atoms with Gasteiger partial charge in [0.2, 0.25) is 5.91 Å². The standard InChI is InChI=1S/C12H15N3O4/c1-6-8(12(18)19)4-5-9(14-6)11(17)15-7(2)10(16)13-3/h4-5,7H,1-3H3,(H,13,16)(H,15,17)(H,18,19). The summed E-state index contributed by atoms with van der Waals surface area (Å²) in [6.45, 7) is 3.04. The fraction of sp³-hybridized carbons (Fsp3) is 0.333. The van der Waals surface area contributed by atoms with Crippen LogP contribution in [0.1, 0.15) is 33.5 Å². The Kier molecular flexibility index (Phi) is 4.57. The van der Waals surface area contributed by atoms with Crippen LogP contribution in [0, 0.1) is 6.92 Å². The predicted octanol–water partition coefficient (Wildman–Crippen LogP) is -0.0475. The molecule has 0 aromatic carbocycles. The number of hydrogen-bond acceptors (Lipinski definition) is 4. The van der Waals surface area contributed by atoms with Crippen molar-refractivity contribution in [2.24, 2.45) is 0 Å². The van der Waals surface area contributed by atoms with E-state index in [0.717, 1.165) is 0 Å². The number of aromatic nitrogens is 1. The van der Waals surface area contributed by atoms with Gasteiger partial charge in [0.05, 0.1) is 11.3 Å². The largest absolute Gasteiger partial charge is 0.478 e. The average molecular weight is 265 g/mol. The van der Waals surface area contributed by atoms with Crippen molar-refractivity contribution in [3.8, 4) is 0 Å². The van der Waals surface area contributed by atoms with Crippen LogP contribution >= 0.6 is 0 Å². The molecule has 0 saturated carbocycles. The second-order valence-corrected chi connectivity index (χ2v) is 3.94. The monoisotopic (exact) mass is 265 g/mol. The van der Waals surface area contributed by atoms with Crippen molar-refractivity contribution in [3.05, 3.63) is 29.1 Å². The van der Waals surface area contributed by atoms with Gasteiger partial charge in [0, 0.05) is 7.05 Å². The Hall–Kier alpha value is -2.44. The molecule has 1 atom stereocenters. The summed E-state index contributed by atoms with van der Waals surface area (Å²) in [6.07, 6.45) is 0. The number of likely N-dealkylation sites (N-methyl/N-ethyl adjacent to an activating group) is 1. The van der Waals surface area contributed by atoms with E-state index in [1.54, 1.807) is 0 Å². The molecule has 0 aliphatic carbocycles. The average Bonchev–Trinajstić information content (AvgIpc) is 2.36. The van der Waals surface area contributed by atoms with Gasteiger partial charge in [-0.2, -0.15) is 0 Å². The molecule has 7 heteroatoms. The highest BCUT2D eigenvalue weighted by molar-refractivity contribution is 5.97. The maximum absolute atomic E-state index is 11.8. The molecule has 0 fully saturated rings. The number of hydrogen-bond donors (Lipinski definition) is 3. The number of amides is 2. The lowest BCUT2D eigenvalue weighted by Crippen LogP contribution is -2.43. The molecule has 1 rings (SSSR count).